The van der Waals surface area contributed by atoms with Crippen LogP contribution in [0, 0.1) is 0 Å². The van der Waals surface area contributed by atoms with E-state index in [0.717, 1.165) is 25.9 Å². The molecule has 2 N–H and O–H groups in total. The normalized spacial score (nSPS) is 28.4. The summed E-state index contributed by atoms with van der Waals surface area (Å²) in [5.41, 5.74) is 5.30. The van der Waals surface area contributed by atoms with Gasteiger partial charge in [-0.05, 0) is 19.3 Å². The maximum Gasteiger partial charge on any atom is 0.241 e. The summed E-state index contributed by atoms with van der Waals surface area (Å²) in [4.78, 5) is 22.9. The maximum atomic E-state index is 11.7. The Morgan fingerprint density at radius 1 is 1.27 bits per heavy atom. The zero-order valence-corrected chi connectivity index (χ0v) is 8.82. The third-order valence-electron chi connectivity index (χ3n) is 3.15. The van der Waals surface area contributed by atoms with Crippen molar-refractivity contribution in [3.8, 4) is 0 Å². The second-order valence-corrected chi connectivity index (χ2v) is 4.21. The van der Waals surface area contributed by atoms with Crippen LogP contribution in [0.15, 0.2) is 0 Å². The minimum absolute atomic E-state index is 0.0423. The number of carbonyl (C=O) groups is 2. The van der Waals surface area contributed by atoms with Crippen molar-refractivity contribution in [3.05, 3.63) is 0 Å². The molecule has 2 fully saturated rings. The van der Waals surface area contributed by atoms with Gasteiger partial charge in [-0.15, -0.1) is 0 Å². The summed E-state index contributed by atoms with van der Waals surface area (Å²) in [6.45, 7) is 1.74. The smallest absolute Gasteiger partial charge is 0.241 e. The van der Waals surface area contributed by atoms with Crippen molar-refractivity contribution < 1.29 is 9.59 Å². The van der Waals surface area contributed by atoms with Crippen molar-refractivity contribution in [1.29, 1.82) is 0 Å². The van der Waals surface area contributed by atoms with Crippen LogP contribution in [0.2, 0.25) is 0 Å². The number of rotatable bonds is 2. The highest BCUT2D eigenvalue weighted by Gasteiger charge is 2.38. The van der Waals surface area contributed by atoms with Gasteiger partial charge in [-0.25, -0.2) is 5.01 Å². The predicted octanol–water partition coefficient (Wildman–Crippen LogP) is -0.136. The van der Waals surface area contributed by atoms with E-state index in [1.54, 1.807) is 5.01 Å². The molecule has 0 unspecified atom stereocenters. The van der Waals surface area contributed by atoms with E-state index in [0.29, 0.717) is 12.8 Å². The van der Waals surface area contributed by atoms with Crippen LogP contribution in [0.3, 0.4) is 0 Å². The first-order valence-electron chi connectivity index (χ1n) is 5.56. The molecule has 0 aromatic rings. The third kappa shape index (κ3) is 1.97. The fraction of sp³-hybridized carbons (Fsp3) is 0.800. The van der Waals surface area contributed by atoms with Crippen LogP contribution in [0.1, 0.15) is 32.1 Å². The standard InChI is InChI=1S/C10H17N3O2/c11-10(15)8-4-5-9(14)13(8)12-6-2-1-3-7-12/h8H,1-7H2,(H2,11,15)/t8-/m0/s1. The van der Waals surface area contributed by atoms with Crippen LogP contribution < -0.4 is 5.73 Å². The van der Waals surface area contributed by atoms with E-state index in [-0.39, 0.29) is 11.8 Å². The SMILES string of the molecule is NC(=O)[C@@H]1CCC(=O)N1N1CCCCC1. The van der Waals surface area contributed by atoms with E-state index in [2.05, 4.69) is 0 Å². The van der Waals surface area contributed by atoms with E-state index in [1.807, 2.05) is 5.01 Å². The van der Waals surface area contributed by atoms with Crippen molar-refractivity contribution in [3.63, 3.8) is 0 Å². The van der Waals surface area contributed by atoms with Crippen molar-refractivity contribution in [2.24, 2.45) is 5.73 Å². The Kier molecular flexibility index (Phi) is 2.90. The first-order valence-corrected chi connectivity index (χ1v) is 5.56. The average Bonchev–Trinajstić information content (AvgIpc) is 2.61. The summed E-state index contributed by atoms with van der Waals surface area (Å²) >= 11 is 0. The van der Waals surface area contributed by atoms with Crippen LogP contribution in [-0.2, 0) is 9.59 Å². The lowest BCUT2D eigenvalue weighted by Crippen LogP contribution is -2.53. The topological polar surface area (TPSA) is 66.6 Å². The molecule has 15 heavy (non-hydrogen) atoms. The monoisotopic (exact) mass is 211 g/mol. The Bertz CT molecular complexity index is 274. The highest BCUT2D eigenvalue weighted by Crippen LogP contribution is 2.23. The average molecular weight is 211 g/mol. The molecular weight excluding hydrogens is 194 g/mol. The Labute approximate surface area is 89.2 Å². The van der Waals surface area contributed by atoms with Gasteiger partial charge in [0.15, 0.2) is 0 Å². The molecule has 0 saturated carbocycles. The number of primary amides is 1. The zero-order valence-electron chi connectivity index (χ0n) is 8.82. The highest BCUT2D eigenvalue weighted by atomic mass is 16.2. The molecule has 5 heteroatoms. The van der Waals surface area contributed by atoms with Gasteiger partial charge in [0.25, 0.3) is 0 Å². The molecule has 84 valence electrons. The molecule has 2 saturated heterocycles. The molecule has 0 aromatic heterocycles. The summed E-state index contributed by atoms with van der Waals surface area (Å²) < 4.78 is 0. The Morgan fingerprint density at radius 2 is 1.93 bits per heavy atom. The number of nitrogens with zero attached hydrogens (tertiary/aromatic N) is 2. The molecule has 0 aliphatic carbocycles. The Balaban J connectivity index is 2.09. The number of nitrogens with two attached hydrogens (primary N) is 1. The molecule has 5 nitrogen and oxygen atoms in total. The Morgan fingerprint density at radius 3 is 2.53 bits per heavy atom. The van der Waals surface area contributed by atoms with Gasteiger partial charge in [0.1, 0.15) is 6.04 Å². The van der Waals surface area contributed by atoms with Crippen molar-refractivity contribution in [1.82, 2.24) is 10.0 Å². The van der Waals surface area contributed by atoms with Gasteiger partial charge in [0, 0.05) is 19.5 Å². The molecule has 1 atom stereocenters. The molecule has 0 spiro atoms. The van der Waals surface area contributed by atoms with E-state index in [4.69, 9.17) is 5.73 Å². The zero-order chi connectivity index (χ0) is 10.8. The molecule has 2 aliphatic heterocycles. The first-order chi connectivity index (χ1) is 7.20. The van der Waals surface area contributed by atoms with Crippen LogP contribution in [0.4, 0.5) is 0 Å². The summed E-state index contributed by atoms with van der Waals surface area (Å²) in [6, 6.07) is -0.407. The summed E-state index contributed by atoms with van der Waals surface area (Å²) in [5, 5.41) is 3.59. The third-order valence-corrected chi connectivity index (χ3v) is 3.15. The second kappa shape index (κ2) is 4.18. The largest absolute Gasteiger partial charge is 0.368 e. The van der Waals surface area contributed by atoms with Crippen LogP contribution in [0.25, 0.3) is 0 Å². The van der Waals surface area contributed by atoms with Crippen molar-refractivity contribution in [2.45, 2.75) is 38.1 Å². The van der Waals surface area contributed by atoms with Gasteiger partial charge >= 0.3 is 0 Å². The first kappa shape index (κ1) is 10.4. The lowest BCUT2D eigenvalue weighted by molar-refractivity contribution is -0.154. The maximum absolute atomic E-state index is 11.7. The number of carbonyl (C=O) groups excluding carboxylic acids is 2. The molecular formula is C10H17N3O2. The quantitative estimate of drug-likeness (QED) is 0.691. The van der Waals surface area contributed by atoms with Gasteiger partial charge < -0.3 is 5.73 Å². The fourth-order valence-corrected chi connectivity index (χ4v) is 2.38. The lowest BCUT2D eigenvalue weighted by atomic mass is 10.1. The molecule has 2 rings (SSSR count). The summed E-state index contributed by atoms with van der Waals surface area (Å²) in [5.74, 6) is -0.341. The summed E-state index contributed by atoms with van der Waals surface area (Å²) in [7, 11) is 0. The molecule has 2 heterocycles. The second-order valence-electron chi connectivity index (χ2n) is 4.21. The van der Waals surface area contributed by atoms with Gasteiger partial charge in [0.2, 0.25) is 11.8 Å². The predicted molar refractivity (Wildman–Crippen MR) is 54.5 cm³/mol. The number of amides is 2. The molecule has 2 amide bonds. The number of hydrogen-bond acceptors (Lipinski definition) is 3. The van der Waals surface area contributed by atoms with E-state index in [1.165, 1.54) is 6.42 Å². The Hall–Kier alpha value is -1.10. The van der Waals surface area contributed by atoms with Gasteiger partial charge in [-0.1, -0.05) is 6.42 Å². The number of hydrazine groups is 1. The van der Waals surface area contributed by atoms with E-state index < -0.39 is 6.04 Å². The molecule has 0 bridgehead atoms. The number of piperidine rings is 1. The highest BCUT2D eigenvalue weighted by molar-refractivity contribution is 5.89. The molecule has 0 aromatic carbocycles. The fourth-order valence-electron chi connectivity index (χ4n) is 2.38. The van der Waals surface area contributed by atoms with Crippen LogP contribution >= 0.6 is 0 Å². The van der Waals surface area contributed by atoms with Crippen LogP contribution in [-0.4, -0.2) is 41.0 Å². The summed E-state index contributed by atoms with van der Waals surface area (Å²) in [6.07, 6.45) is 4.42. The van der Waals surface area contributed by atoms with Gasteiger partial charge in [-0.3, -0.25) is 14.6 Å². The van der Waals surface area contributed by atoms with Gasteiger partial charge in [-0.2, -0.15) is 0 Å². The number of hydrogen-bond donors (Lipinski definition) is 1. The van der Waals surface area contributed by atoms with Crippen molar-refractivity contribution in [2.75, 3.05) is 13.1 Å². The van der Waals surface area contributed by atoms with Crippen LogP contribution in [0.5, 0.6) is 0 Å². The van der Waals surface area contributed by atoms with E-state index in [9.17, 15) is 9.59 Å². The van der Waals surface area contributed by atoms with Crippen molar-refractivity contribution >= 4 is 11.8 Å². The molecule has 0 radical (unpaired) electrons. The molecule has 2 aliphatic rings. The lowest BCUT2D eigenvalue weighted by Gasteiger charge is -2.37. The minimum atomic E-state index is -0.407. The van der Waals surface area contributed by atoms with Gasteiger partial charge in [0.05, 0.1) is 0 Å². The minimum Gasteiger partial charge on any atom is -0.368 e. The van der Waals surface area contributed by atoms with E-state index >= 15 is 0 Å².